The molecule has 3 rings (SSSR count). The van der Waals surface area contributed by atoms with Crippen LogP contribution in [-0.2, 0) is 6.54 Å². The molecule has 3 nitrogen and oxygen atoms in total. The molecular formula is C18H18N2OS. The second-order valence-electron chi connectivity index (χ2n) is 5.73. The molecular weight excluding hydrogens is 292 g/mol. The maximum atomic E-state index is 12.8. The summed E-state index contributed by atoms with van der Waals surface area (Å²) in [4.78, 5) is 15.9. The number of ketones is 1. The van der Waals surface area contributed by atoms with E-state index in [4.69, 9.17) is 12.2 Å². The summed E-state index contributed by atoms with van der Waals surface area (Å²) in [5.41, 5.74) is 5.94. The lowest BCUT2D eigenvalue weighted by Gasteiger charge is -2.11. The molecule has 0 atom stereocenters. The number of carbonyl (C=O) groups is 1. The average molecular weight is 310 g/mol. The molecule has 4 heteroatoms. The molecule has 0 spiro atoms. The van der Waals surface area contributed by atoms with Crippen molar-refractivity contribution in [1.29, 1.82) is 0 Å². The van der Waals surface area contributed by atoms with Crippen LogP contribution < -0.4 is 0 Å². The van der Waals surface area contributed by atoms with Crippen LogP contribution in [0.15, 0.2) is 36.4 Å². The first-order valence-electron chi connectivity index (χ1n) is 7.26. The predicted octanol–water partition coefficient (Wildman–Crippen LogP) is 4.51. The van der Waals surface area contributed by atoms with Crippen LogP contribution in [0.1, 0.15) is 27.0 Å². The molecule has 22 heavy (non-hydrogen) atoms. The van der Waals surface area contributed by atoms with E-state index in [0.717, 1.165) is 27.7 Å². The van der Waals surface area contributed by atoms with Crippen molar-refractivity contribution in [3.8, 4) is 0 Å². The van der Waals surface area contributed by atoms with E-state index in [9.17, 15) is 4.79 Å². The van der Waals surface area contributed by atoms with Gasteiger partial charge in [0, 0.05) is 5.56 Å². The first kappa shape index (κ1) is 14.7. The highest BCUT2D eigenvalue weighted by molar-refractivity contribution is 7.71. The minimum absolute atomic E-state index is 0.0934. The van der Waals surface area contributed by atoms with E-state index in [-0.39, 0.29) is 12.3 Å². The summed E-state index contributed by atoms with van der Waals surface area (Å²) in [5, 5.41) is 0. The van der Waals surface area contributed by atoms with Crippen LogP contribution in [0.25, 0.3) is 11.0 Å². The van der Waals surface area contributed by atoms with Crippen LogP contribution in [-0.4, -0.2) is 15.3 Å². The third-order valence-electron chi connectivity index (χ3n) is 3.94. The molecule has 0 saturated carbocycles. The van der Waals surface area contributed by atoms with Crippen molar-refractivity contribution in [2.24, 2.45) is 0 Å². The molecule has 0 aliphatic carbocycles. The van der Waals surface area contributed by atoms with Crippen molar-refractivity contribution in [2.75, 3.05) is 0 Å². The summed E-state index contributed by atoms with van der Waals surface area (Å²) in [6.07, 6.45) is 0. The smallest absolute Gasteiger partial charge is 0.183 e. The molecule has 2 aromatic carbocycles. The van der Waals surface area contributed by atoms with Gasteiger partial charge in [0.25, 0.3) is 0 Å². The van der Waals surface area contributed by atoms with Crippen LogP contribution in [0.2, 0.25) is 0 Å². The largest absolute Gasteiger partial charge is 0.331 e. The van der Waals surface area contributed by atoms with E-state index < -0.39 is 0 Å². The van der Waals surface area contributed by atoms with Crippen molar-refractivity contribution in [2.45, 2.75) is 27.3 Å². The zero-order valence-corrected chi connectivity index (χ0v) is 13.8. The van der Waals surface area contributed by atoms with E-state index in [2.05, 4.69) is 17.1 Å². The fourth-order valence-electron chi connectivity index (χ4n) is 3.11. The summed E-state index contributed by atoms with van der Waals surface area (Å²) in [6, 6.07) is 11.9. The number of fused-ring (bicyclic) bond motifs is 1. The zero-order valence-electron chi connectivity index (χ0n) is 12.9. The average Bonchev–Trinajstić information content (AvgIpc) is 2.74. The maximum absolute atomic E-state index is 12.8. The van der Waals surface area contributed by atoms with Gasteiger partial charge in [-0.1, -0.05) is 29.8 Å². The van der Waals surface area contributed by atoms with E-state index in [1.807, 2.05) is 49.6 Å². The standard InChI is InChI=1S/C18H18N2OS/c1-11-8-12(2)17(13(3)9-11)16(21)10-20-15-7-5-4-6-14(15)19-18(20)22/h4-9H,10H2,1-3H3,(H,19,22). The Balaban J connectivity index is 2.04. The number of benzene rings is 2. The Morgan fingerprint density at radius 3 is 2.45 bits per heavy atom. The highest BCUT2D eigenvalue weighted by Crippen LogP contribution is 2.19. The molecule has 3 aromatic rings. The topological polar surface area (TPSA) is 37.8 Å². The first-order chi connectivity index (χ1) is 10.5. The van der Waals surface area contributed by atoms with Gasteiger partial charge in [-0.05, 0) is 56.2 Å². The number of aromatic nitrogens is 2. The van der Waals surface area contributed by atoms with Crippen LogP contribution in [0.4, 0.5) is 0 Å². The number of rotatable bonds is 3. The Morgan fingerprint density at radius 2 is 1.77 bits per heavy atom. The Hall–Kier alpha value is -2.20. The number of aryl methyl sites for hydroxylation is 3. The minimum atomic E-state index is 0.0934. The minimum Gasteiger partial charge on any atom is -0.331 e. The maximum Gasteiger partial charge on any atom is 0.183 e. The Labute approximate surface area is 134 Å². The molecule has 1 aromatic heterocycles. The number of hydrogen-bond acceptors (Lipinski definition) is 2. The fraction of sp³-hybridized carbons (Fsp3) is 0.222. The van der Waals surface area contributed by atoms with Gasteiger partial charge in [-0.15, -0.1) is 0 Å². The van der Waals surface area contributed by atoms with E-state index >= 15 is 0 Å². The van der Waals surface area contributed by atoms with Gasteiger partial charge in [0.2, 0.25) is 0 Å². The lowest BCUT2D eigenvalue weighted by molar-refractivity contribution is 0.0971. The number of hydrogen-bond donors (Lipinski definition) is 1. The van der Waals surface area contributed by atoms with Gasteiger partial charge in [-0.3, -0.25) is 4.79 Å². The highest BCUT2D eigenvalue weighted by atomic mass is 32.1. The fourth-order valence-corrected chi connectivity index (χ4v) is 3.38. The van der Waals surface area contributed by atoms with E-state index in [1.54, 1.807) is 0 Å². The normalized spacial score (nSPS) is 11.0. The van der Waals surface area contributed by atoms with Gasteiger partial charge in [-0.2, -0.15) is 0 Å². The SMILES string of the molecule is Cc1cc(C)c(C(=O)Cn2c(=S)[nH]c3ccccc32)c(C)c1. The molecule has 112 valence electrons. The Morgan fingerprint density at radius 1 is 1.14 bits per heavy atom. The second kappa shape index (κ2) is 5.54. The molecule has 0 amide bonds. The molecule has 0 aliphatic heterocycles. The monoisotopic (exact) mass is 310 g/mol. The van der Waals surface area contributed by atoms with Crippen molar-refractivity contribution < 1.29 is 4.79 Å². The number of imidazole rings is 1. The number of Topliss-reactive ketones (excluding diaryl/α,β-unsaturated/α-hetero) is 1. The summed E-state index contributed by atoms with van der Waals surface area (Å²) >= 11 is 5.36. The molecule has 1 N–H and O–H groups in total. The molecule has 0 aliphatic rings. The van der Waals surface area contributed by atoms with Gasteiger partial charge in [0.15, 0.2) is 10.6 Å². The number of H-pyrrole nitrogens is 1. The van der Waals surface area contributed by atoms with E-state index in [0.29, 0.717) is 4.77 Å². The van der Waals surface area contributed by atoms with Gasteiger partial charge >= 0.3 is 0 Å². The van der Waals surface area contributed by atoms with Gasteiger partial charge in [0.05, 0.1) is 17.6 Å². The first-order valence-corrected chi connectivity index (χ1v) is 7.67. The van der Waals surface area contributed by atoms with Crippen LogP contribution in [0.5, 0.6) is 0 Å². The van der Waals surface area contributed by atoms with Gasteiger partial charge in [0.1, 0.15) is 0 Å². The third-order valence-corrected chi connectivity index (χ3v) is 4.26. The number of nitrogens with one attached hydrogen (secondary N) is 1. The van der Waals surface area contributed by atoms with Crippen molar-refractivity contribution in [3.05, 3.63) is 63.4 Å². The number of carbonyl (C=O) groups excluding carboxylic acids is 1. The Bertz CT molecular complexity index is 911. The molecule has 0 saturated heterocycles. The van der Waals surface area contributed by atoms with E-state index in [1.165, 1.54) is 5.56 Å². The van der Waals surface area contributed by atoms with Gasteiger partial charge < -0.3 is 9.55 Å². The van der Waals surface area contributed by atoms with Crippen molar-refractivity contribution in [1.82, 2.24) is 9.55 Å². The highest BCUT2D eigenvalue weighted by Gasteiger charge is 2.15. The number of aromatic amines is 1. The number of nitrogens with zero attached hydrogens (tertiary/aromatic N) is 1. The Kier molecular flexibility index (Phi) is 3.71. The summed E-state index contributed by atoms with van der Waals surface area (Å²) in [5.74, 6) is 0.0934. The number of para-hydroxylation sites is 2. The molecule has 0 bridgehead atoms. The van der Waals surface area contributed by atoms with Crippen LogP contribution >= 0.6 is 12.2 Å². The van der Waals surface area contributed by atoms with Crippen LogP contribution in [0, 0.1) is 25.5 Å². The molecule has 0 unspecified atom stereocenters. The van der Waals surface area contributed by atoms with Crippen molar-refractivity contribution in [3.63, 3.8) is 0 Å². The zero-order chi connectivity index (χ0) is 15.9. The lowest BCUT2D eigenvalue weighted by atomic mass is 9.96. The second-order valence-corrected chi connectivity index (χ2v) is 6.12. The quantitative estimate of drug-likeness (QED) is 0.571. The summed E-state index contributed by atoms with van der Waals surface area (Å²) < 4.78 is 2.45. The lowest BCUT2D eigenvalue weighted by Crippen LogP contribution is -2.13. The molecule has 0 fully saturated rings. The van der Waals surface area contributed by atoms with Gasteiger partial charge in [-0.25, -0.2) is 0 Å². The third kappa shape index (κ3) is 2.50. The molecule has 1 heterocycles. The molecule has 0 radical (unpaired) electrons. The summed E-state index contributed by atoms with van der Waals surface area (Å²) in [7, 11) is 0. The summed E-state index contributed by atoms with van der Waals surface area (Å²) in [6.45, 7) is 6.28. The van der Waals surface area contributed by atoms with Crippen molar-refractivity contribution >= 4 is 29.0 Å². The predicted molar refractivity (Wildman–Crippen MR) is 92.1 cm³/mol. The van der Waals surface area contributed by atoms with Crippen LogP contribution in [0.3, 0.4) is 0 Å².